The molecule has 6 nitrogen and oxygen atoms in total. The maximum Gasteiger partial charge on any atom is 0.220 e. The van der Waals surface area contributed by atoms with Crippen molar-refractivity contribution in [1.29, 1.82) is 0 Å². The molecule has 7 heteroatoms. The monoisotopic (exact) mass is 512 g/mol. The Balaban J connectivity index is 0.00000240. The van der Waals surface area contributed by atoms with Crippen LogP contribution >= 0.6 is 24.0 Å². The van der Waals surface area contributed by atoms with Crippen LogP contribution in [-0.4, -0.2) is 37.1 Å². The number of guanidine groups is 1. The number of para-hydroxylation sites is 1. The van der Waals surface area contributed by atoms with Crippen molar-refractivity contribution >= 4 is 35.8 Å². The average Bonchev–Trinajstić information content (AvgIpc) is 3.41. The van der Waals surface area contributed by atoms with Gasteiger partial charge in [-0.25, -0.2) is 0 Å². The number of carbonyl (C=O) groups excluding carboxylic acids is 1. The Morgan fingerprint density at radius 3 is 2.69 bits per heavy atom. The SMILES string of the molecule is CN=C(NCCCC(=O)NC1CC1)NC1CC2(CCCC2)Oc2ccccc21.I. The lowest BCUT2D eigenvalue weighted by Gasteiger charge is -2.40. The smallest absolute Gasteiger partial charge is 0.220 e. The van der Waals surface area contributed by atoms with E-state index in [1.54, 1.807) is 7.05 Å². The van der Waals surface area contributed by atoms with Gasteiger partial charge < -0.3 is 20.7 Å². The topological polar surface area (TPSA) is 74.8 Å². The Morgan fingerprint density at radius 1 is 1.21 bits per heavy atom. The molecule has 0 aromatic heterocycles. The maximum atomic E-state index is 11.8. The van der Waals surface area contributed by atoms with Crippen molar-refractivity contribution in [3.63, 3.8) is 0 Å². The van der Waals surface area contributed by atoms with Crippen LogP contribution in [0.3, 0.4) is 0 Å². The third kappa shape index (κ3) is 5.77. The van der Waals surface area contributed by atoms with Crippen molar-refractivity contribution in [2.24, 2.45) is 4.99 Å². The standard InChI is InChI=1S/C22H32N4O2.HI/c1-23-21(24-14-6-9-20(27)25-16-10-11-16)26-18-15-22(12-4-5-13-22)28-19-8-3-2-7-17(18)19;/h2-3,7-8,16,18H,4-6,9-15H2,1H3,(H,25,27)(H2,23,24,26);1H. The van der Waals surface area contributed by atoms with Gasteiger partial charge in [-0.2, -0.15) is 0 Å². The molecule has 2 aliphatic carbocycles. The molecule has 2 fully saturated rings. The second-order valence-corrected chi connectivity index (χ2v) is 8.38. The number of nitrogens with zero attached hydrogens (tertiary/aromatic N) is 1. The summed E-state index contributed by atoms with van der Waals surface area (Å²) in [6, 6.07) is 8.96. The Labute approximate surface area is 190 Å². The van der Waals surface area contributed by atoms with Crippen LogP contribution in [0.1, 0.15) is 69.4 Å². The minimum Gasteiger partial charge on any atom is -0.487 e. The highest BCUT2D eigenvalue weighted by Crippen LogP contribution is 2.46. The fourth-order valence-electron chi connectivity index (χ4n) is 4.42. The van der Waals surface area contributed by atoms with E-state index in [4.69, 9.17) is 4.74 Å². The third-order valence-corrected chi connectivity index (χ3v) is 6.06. The highest BCUT2D eigenvalue weighted by Gasteiger charge is 2.43. The number of rotatable bonds is 6. The van der Waals surface area contributed by atoms with Crippen LogP contribution in [0.15, 0.2) is 29.3 Å². The lowest BCUT2D eigenvalue weighted by Crippen LogP contribution is -2.46. The normalized spacial score (nSPS) is 22.2. The van der Waals surface area contributed by atoms with Crippen molar-refractivity contribution < 1.29 is 9.53 Å². The highest BCUT2D eigenvalue weighted by atomic mass is 127. The number of halogens is 1. The van der Waals surface area contributed by atoms with Gasteiger partial charge in [0, 0.05) is 38.0 Å². The Bertz CT molecular complexity index is 729. The number of amides is 1. The molecule has 0 radical (unpaired) electrons. The zero-order valence-corrected chi connectivity index (χ0v) is 19.5. The van der Waals surface area contributed by atoms with E-state index in [-0.39, 0.29) is 41.5 Å². The molecular formula is C22H33IN4O2. The number of ether oxygens (including phenoxy) is 1. The fraction of sp³-hybridized carbons (Fsp3) is 0.636. The van der Waals surface area contributed by atoms with Crippen molar-refractivity contribution in [3.05, 3.63) is 29.8 Å². The quantitative estimate of drug-likeness (QED) is 0.236. The molecule has 1 amide bonds. The van der Waals surface area contributed by atoms with Gasteiger partial charge in [-0.1, -0.05) is 18.2 Å². The number of fused-ring (bicyclic) bond motifs is 1. The van der Waals surface area contributed by atoms with Gasteiger partial charge in [0.1, 0.15) is 11.4 Å². The minimum absolute atomic E-state index is 0. The van der Waals surface area contributed by atoms with E-state index in [9.17, 15) is 4.79 Å². The largest absolute Gasteiger partial charge is 0.487 e. The first kappa shape index (κ1) is 22.2. The van der Waals surface area contributed by atoms with Gasteiger partial charge in [-0.15, -0.1) is 24.0 Å². The van der Waals surface area contributed by atoms with Crippen molar-refractivity contribution in [2.45, 2.75) is 75.5 Å². The summed E-state index contributed by atoms with van der Waals surface area (Å²) < 4.78 is 6.44. The van der Waals surface area contributed by atoms with E-state index < -0.39 is 0 Å². The second kappa shape index (κ2) is 10.00. The number of hydrogen-bond donors (Lipinski definition) is 3. The summed E-state index contributed by atoms with van der Waals surface area (Å²) in [6.07, 6.45) is 9.33. The van der Waals surface area contributed by atoms with Crippen LogP contribution in [0.4, 0.5) is 0 Å². The summed E-state index contributed by atoms with van der Waals surface area (Å²) in [5.41, 5.74) is 1.16. The number of hydrogen-bond acceptors (Lipinski definition) is 3. The van der Waals surface area contributed by atoms with Gasteiger partial charge in [0.2, 0.25) is 5.91 Å². The zero-order valence-electron chi connectivity index (χ0n) is 17.2. The molecule has 29 heavy (non-hydrogen) atoms. The molecule has 1 heterocycles. The molecular weight excluding hydrogens is 479 g/mol. The predicted molar refractivity (Wildman–Crippen MR) is 126 cm³/mol. The molecule has 1 unspecified atom stereocenters. The minimum atomic E-state index is -0.0359. The molecule has 1 aromatic rings. The molecule has 4 rings (SSSR count). The summed E-state index contributed by atoms with van der Waals surface area (Å²) in [5.74, 6) is 1.95. The summed E-state index contributed by atoms with van der Waals surface area (Å²) in [7, 11) is 1.80. The lowest BCUT2D eigenvalue weighted by molar-refractivity contribution is -0.121. The first-order chi connectivity index (χ1) is 13.7. The first-order valence-electron chi connectivity index (χ1n) is 10.7. The Morgan fingerprint density at radius 2 is 1.97 bits per heavy atom. The van der Waals surface area contributed by atoms with Crippen molar-refractivity contribution in [3.8, 4) is 5.75 Å². The van der Waals surface area contributed by atoms with E-state index in [2.05, 4.69) is 39.1 Å². The van der Waals surface area contributed by atoms with Gasteiger partial charge in [0.25, 0.3) is 0 Å². The molecule has 1 aromatic carbocycles. The molecule has 1 spiro atoms. The lowest BCUT2D eigenvalue weighted by atomic mass is 9.86. The maximum absolute atomic E-state index is 11.8. The number of benzene rings is 1. The van der Waals surface area contributed by atoms with Crippen LogP contribution in [0.2, 0.25) is 0 Å². The Kier molecular flexibility index (Phi) is 7.65. The van der Waals surface area contributed by atoms with Crippen LogP contribution in [-0.2, 0) is 4.79 Å². The van der Waals surface area contributed by atoms with Crippen molar-refractivity contribution in [2.75, 3.05) is 13.6 Å². The molecule has 0 bridgehead atoms. The van der Waals surface area contributed by atoms with Crippen LogP contribution in [0.25, 0.3) is 0 Å². The summed E-state index contributed by atoms with van der Waals surface area (Å²) in [6.45, 7) is 0.730. The van der Waals surface area contributed by atoms with Gasteiger partial charge >= 0.3 is 0 Å². The highest BCUT2D eigenvalue weighted by molar-refractivity contribution is 14.0. The van der Waals surface area contributed by atoms with E-state index in [0.29, 0.717) is 12.5 Å². The number of aliphatic imine (C=N–C) groups is 1. The molecule has 0 saturated heterocycles. The number of nitrogens with one attached hydrogen (secondary N) is 3. The van der Waals surface area contributed by atoms with Crippen LogP contribution in [0, 0.1) is 0 Å². The Hall–Kier alpha value is -1.51. The molecule has 3 N–H and O–H groups in total. The van der Waals surface area contributed by atoms with E-state index >= 15 is 0 Å². The molecule has 2 saturated carbocycles. The van der Waals surface area contributed by atoms with Crippen LogP contribution < -0.4 is 20.7 Å². The van der Waals surface area contributed by atoms with E-state index in [1.807, 2.05) is 6.07 Å². The summed E-state index contributed by atoms with van der Waals surface area (Å²) in [4.78, 5) is 16.2. The van der Waals surface area contributed by atoms with Gasteiger partial charge in [-0.05, 0) is 51.0 Å². The molecule has 1 aliphatic heterocycles. The van der Waals surface area contributed by atoms with Gasteiger partial charge in [0.05, 0.1) is 6.04 Å². The predicted octanol–water partition coefficient (Wildman–Crippen LogP) is 3.66. The van der Waals surface area contributed by atoms with Crippen LogP contribution in [0.5, 0.6) is 5.75 Å². The second-order valence-electron chi connectivity index (χ2n) is 8.38. The molecule has 3 aliphatic rings. The first-order valence-corrected chi connectivity index (χ1v) is 10.7. The molecule has 1 atom stereocenters. The summed E-state index contributed by atoms with van der Waals surface area (Å²) >= 11 is 0. The average molecular weight is 512 g/mol. The van der Waals surface area contributed by atoms with Gasteiger partial charge in [0.15, 0.2) is 5.96 Å². The van der Waals surface area contributed by atoms with Gasteiger partial charge in [-0.3, -0.25) is 9.79 Å². The summed E-state index contributed by atoms with van der Waals surface area (Å²) in [5, 5.41) is 10.0. The van der Waals surface area contributed by atoms with Crippen molar-refractivity contribution in [1.82, 2.24) is 16.0 Å². The zero-order chi connectivity index (χ0) is 19.4. The fourth-order valence-corrected chi connectivity index (χ4v) is 4.42. The third-order valence-electron chi connectivity index (χ3n) is 6.06. The molecule has 160 valence electrons. The number of carbonyl (C=O) groups is 1. The van der Waals surface area contributed by atoms with E-state index in [0.717, 1.165) is 56.8 Å². The van der Waals surface area contributed by atoms with E-state index in [1.165, 1.54) is 18.4 Å².